The number of aliphatic imine (C=N–C) groups is 1. The highest BCUT2D eigenvalue weighted by Crippen LogP contribution is 2.42. The van der Waals surface area contributed by atoms with Crippen LogP contribution in [-0.4, -0.2) is 64.6 Å². The molecule has 1 aromatic rings. The second-order valence-corrected chi connectivity index (χ2v) is 8.07. The lowest BCUT2D eigenvalue weighted by Crippen LogP contribution is -2.53. The second-order valence-electron chi connectivity index (χ2n) is 6.51. The van der Waals surface area contributed by atoms with Crippen molar-refractivity contribution >= 4 is 47.5 Å². The average molecular weight is 476 g/mol. The molecule has 0 bridgehead atoms. The van der Waals surface area contributed by atoms with Crippen LogP contribution in [0, 0.1) is 0 Å². The van der Waals surface area contributed by atoms with Crippen molar-refractivity contribution in [3.63, 3.8) is 0 Å². The molecule has 8 heteroatoms. The van der Waals surface area contributed by atoms with E-state index in [1.165, 1.54) is 37.9 Å². The summed E-state index contributed by atoms with van der Waals surface area (Å²) >= 11 is 2.19. The molecule has 140 valence electrons. The van der Waals surface area contributed by atoms with E-state index in [1.807, 2.05) is 7.05 Å². The van der Waals surface area contributed by atoms with E-state index in [-0.39, 0.29) is 24.0 Å². The molecule has 6 nitrogen and oxygen atoms in total. The number of nitrogens with zero attached hydrogens (tertiary/aromatic N) is 4. The third-order valence-corrected chi connectivity index (χ3v) is 6.34. The number of halogens is 1. The minimum Gasteiger partial charge on any atom is -0.367 e. The van der Waals surface area contributed by atoms with Crippen molar-refractivity contribution in [2.45, 2.75) is 36.9 Å². The van der Waals surface area contributed by atoms with Crippen LogP contribution in [0.4, 0.5) is 5.82 Å². The number of nitrogens with one attached hydrogen (secondary N) is 2. The Balaban J connectivity index is 0.00000225. The van der Waals surface area contributed by atoms with Gasteiger partial charge in [0, 0.05) is 56.1 Å². The van der Waals surface area contributed by atoms with E-state index in [9.17, 15) is 0 Å². The molecule has 1 spiro atoms. The normalized spacial score (nSPS) is 20.0. The Hall–Kier alpha value is -0.770. The number of guanidine groups is 1. The quantitative estimate of drug-likeness (QED) is 0.302. The number of rotatable bonds is 4. The summed E-state index contributed by atoms with van der Waals surface area (Å²) in [5.41, 5.74) is 0. The van der Waals surface area contributed by atoms with Gasteiger partial charge in [0.2, 0.25) is 0 Å². The lowest BCUT2D eigenvalue weighted by Gasteiger charge is -2.45. The van der Waals surface area contributed by atoms with E-state index in [4.69, 9.17) is 0 Å². The first-order chi connectivity index (χ1) is 11.8. The maximum absolute atomic E-state index is 4.50. The first-order valence-corrected chi connectivity index (χ1v) is 9.89. The van der Waals surface area contributed by atoms with Gasteiger partial charge in [-0.25, -0.2) is 4.98 Å². The van der Waals surface area contributed by atoms with Gasteiger partial charge in [0.1, 0.15) is 5.82 Å². The zero-order valence-corrected chi connectivity index (χ0v) is 18.1. The predicted octanol–water partition coefficient (Wildman–Crippen LogP) is 2.83. The van der Waals surface area contributed by atoms with E-state index in [1.54, 1.807) is 18.6 Å². The first-order valence-electron chi connectivity index (χ1n) is 8.91. The van der Waals surface area contributed by atoms with Crippen LogP contribution in [0.2, 0.25) is 0 Å². The van der Waals surface area contributed by atoms with E-state index in [0.29, 0.717) is 4.75 Å². The molecule has 2 N–H and O–H groups in total. The molecule has 1 aromatic heterocycles. The Kier molecular flexibility index (Phi) is 8.54. The molecule has 2 heterocycles. The summed E-state index contributed by atoms with van der Waals surface area (Å²) in [6.45, 7) is 3.84. The van der Waals surface area contributed by atoms with Crippen molar-refractivity contribution in [3.8, 4) is 0 Å². The molecule has 0 unspecified atom stereocenters. The molecular weight excluding hydrogens is 447 g/mol. The van der Waals surface area contributed by atoms with Crippen molar-refractivity contribution < 1.29 is 0 Å². The van der Waals surface area contributed by atoms with Crippen molar-refractivity contribution in [2.24, 2.45) is 4.99 Å². The highest BCUT2D eigenvalue weighted by atomic mass is 127. The van der Waals surface area contributed by atoms with Crippen LogP contribution in [0.15, 0.2) is 23.6 Å². The lowest BCUT2D eigenvalue weighted by atomic mass is 9.87. The number of hydrogen-bond acceptors (Lipinski definition) is 5. The fourth-order valence-electron chi connectivity index (χ4n) is 3.61. The van der Waals surface area contributed by atoms with Crippen LogP contribution in [0.5, 0.6) is 0 Å². The number of anilines is 1. The summed E-state index contributed by atoms with van der Waals surface area (Å²) in [5, 5.41) is 6.76. The molecule has 25 heavy (non-hydrogen) atoms. The van der Waals surface area contributed by atoms with Gasteiger partial charge < -0.3 is 15.5 Å². The van der Waals surface area contributed by atoms with Crippen molar-refractivity contribution in [1.29, 1.82) is 0 Å². The highest BCUT2D eigenvalue weighted by molar-refractivity contribution is 14.0. The zero-order valence-electron chi connectivity index (χ0n) is 14.9. The van der Waals surface area contributed by atoms with Gasteiger partial charge in [-0.3, -0.25) is 9.98 Å². The zero-order chi connectivity index (χ0) is 16.7. The molecule has 0 amide bonds. The van der Waals surface area contributed by atoms with E-state index in [2.05, 4.69) is 42.3 Å². The third kappa shape index (κ3) is 5.87. The molecule has 0 radical (unpaired) electrons. The monoisotopic (exact) mass is 476 g/mol. The van der Waals surface area contributed by atoms with E-state index < -0.39 is 0 Å². The molecule has 2 fully saturated rings. The second kappa shape index (κ2) is 10.4. The van der Waals surface area contributed by atoms with Gasteiger partial charge in [-0.15, -0.1) is 24.0 Å². The third-order valence-electron chi connectivity index (χ3n) is 4.80. The van der Waals surface area contributed by atoms with Gasteiger partial charge in [-0.2, -0.15) is 11.8 Å². The van der Waals surface area contributed by atoms with Gasteiger partial charge >= 0.3 is 0 Å². The average Bonchev–Trinajstić information content (AvgIpc) is 2.63. The fourth-order valence-corrected chi connectivity index (χ4v) is 5.18. The summed E-state index contributed by atoms with van der Waals surface area (Å²) < 4.78 is 0.464. The van der Waals surface area contributed by atoms with Crippen LogP contribution in [-0.2, 0) is 0 Å². The molecule has 0 atom stereocenters. The standard InChI is InChI=1S/C17H28N6S.HI/c1-18-16(22-10-9-21-15-13-19-7-8-20-15)23-11-12-24-17(14-23)5-3-2-4-6-17;/h7-8,13H,2-6,9-12,14H2,1H3,(H,18,22)(H,20,21);1H. The van der Waals surface area contributed by atoms with Gasteiger partial charge in [0.15, 0.2) is 5.96 Å². The van der Waals surface area contributed by atoms with Crippen LogP contribution in [0.25, 0.3) is 0 Å². The van der Waals surface area contributed by atoms with E-state index >= 15 is 0 Å². The lowest BCUT2D eigenvalue weighted by molar-refractivity contribution is 0.293. The molecule has 1 saturated carbocycles. The maximum atomic E-state index is 4.50. The first kappa shape index (κ1) is 20.5. The highest BCUT2D eigenvalue weighted by Gasteiger charge is 2.38. The molecule has 2 aliphatic rings. The van der Waals surface area contributed by atoms with Crippen LogP contribution < -0.4 is 10.6 Å². The van der Waals surface area contributed by atoms with Gasteiger partial charge in [0.05, 0.1) is 6.20 Å². The maximum Gasteiger partial charge on any atom is 0.193 e. The Morgan fingerprint density at radius 1 is 1.28 bits per heavy atom. The molecule has 1 aliphatic heterocycles. The van der Waals surface area contributed by atoms with Crippen molar-refractivity contribution in [1.82, 2.24) is 20.2 Å². The largest absolute Gasteiger partial charge is 0.367 e. The van der Waals surface area contributed by atoms with Crippen molar-refractivity contribution in [2.75, 3.05) is 44.3 Å². The van der Waals surface area contributed by atoms with E-state index in [0.717, 1.165) is 38.0 Å². The minimum absolute atomic E-state index is 0. The predicted molar refractivity (Wildman–Crippen MR) is 117 cm³/mol. The Morgan fingerprint density at radius 3 is 2.84 bits per heavy atom. The Morgan fingerprint density at radius 2 is 2.12 bits per heavy atom. The Labute approximate surface area is 172 Å². The summed E-state index contributed by atoms with van der Waals surface area (Å²) in [6.07, 6.45) is 12.0. The van der Waals surface area contributed by atoms with Gasteiger partial charge in [-0.05, 0) is 12.8 Å². The molecular formula is C17H29IN6S. The molecule has 1 aliphatic carbocycles. The SMILES string of the molecule is CN=C(NCCNc1cnccn1)N1CCSC2(CCCCC2)C1.I. The molecule has 1 saturated heterocycles. The summed E-state index contributed by atoms with van der Waals surface area (Å²) in [7, 11) is 1.88. The number of hydrogen-bond donors (Lipinski definition) is 2. The number of thioether (sulfide) groups is 1. The fraction of sp³-hybridized carbons (Fsp3) is 0.706. The summed E-state index contributed by atoms with van der Waals surface area (Å²) in [5.74, 6) is 3.05. The van der Waals surface area contributed by atoms with Crippen LogP contribution in [0.1, 0.15) is 32.1 Å². The van der Waals surface area contributed by atoms with Gasteiger partial charge in [-0.1, -0.05) is 19.3 Å². The molecule has 0 aromatic carbocycles. The number of aromatic nitrogens is 2. The van der Waals surface area contributed by atoms with Crippen LogP contribution in [0.3, 0.4) is 0 Å². The Bertz CT molecular complexity index is 530. The smallest absolute Gasteiger partial charge is 0.193 e. The van der Waals surface area contributed by atoms with Crippen molar-refractivity contribution in [3.05, 3.63) is 18.6 Å². The van der Waals surface area contributed by atoms with Gasteiger partial charge in [0.25, 0.3) is 0 Å². The summed E-state index contributed by atoms with van der Waals surface area (Å²) in [4.78, 5) is 15.2. The molecule has 3 rings (SSSR count). The topological polar surface area (TPSA) is 65.4 Å². The summed E-state index contributed by atoms with van der Waals surface area (Å²) in [6, 6.07) is 0. The minimum atomic E-state index is 0. The van der Waals surface area contributed by atoms with Crippen LogP contribution >= 0.6 is 35.7 Å².